The number of hydrogen-bond donors (Lipinski definition) is 1. The Labute approximate surface area is 108 Å². The van der Waals surface area contributed by atoms with Gasteiger partial charge in [0.1, 0.15) is 0 Å². The predicted octanol–water partition coefficient (Wildman–Crippen LogP) is 2.56. The van der Waals surface area contributed by atoms with Crippen LogP contribution in [0.4, 0.5) is 5.69 Å². The van der Waals surface area contributed by atoms with Crippen LogP contribution >= 0.6 is 0 Å². The summed E-state index contributed by atoms with van der Waals surface area (Å²) in [6.45, 7) is 9.05. The molecule has 0 radical (unpaired) electrons. The van der Waals surface area contributed by atoms with Crippen molar-refractivity contribution in [2.24, 2.45) is 0 Å². The van der Waals surface area contributed by atoms with Crippen molar-refractivity contribution in [3.63, 3.8) is 0 Å². The van der Waals surface area contributed by atoms with Crippen LogP contribution in [0.3, 0.4) is 0 Å². The number of rotatable bonds is 2. The Morgan fingerprint density at radius 3 is 2.44 bits per heavy atom. The molecule has 1 aliphatic heterocycles. The van der Waals surface area contributed by atoms with Crippen LogP contribution in [0.15, 0.2) is 18.2 Å². The van der Waals surface area contributed by atoms with Crippen molar-refractivity contribution >= 4 is 11.7 Å². The van der Waals surface area contributed by atoms with Crippen LogP contribution in [-0.2, 0) is 4.74 Å². The van der Waals surface area contributed by atoms with E-state index in [4.69, 9.17) is 9.84 Å². The fourth-order valence-corrected chi connectivity index (χ4v) is 1.89. The number of carboxylic acid groups (broad SMARTS) is 1. The normalized spacial score (nSPS) is 14.7. The van der Waals surface area contributed by atoms with Gasteiger partial charge in [-0.3, -0.25) is 0 Å². The van der Waals surface area contributed by atoms with Gasteiger partial charge in [-0.1, -0.05) is 19.9 Å². The maximum Gasteiger partial charge on any atom is 0.335 e. The van der Waals surface area contributed by atoms with E-state index in [1.807, 2.05) is 26.8 Å². The van der Waals surface area contributed by atoms with Crippen LogP contribution in [-0.4, -0.2) is 37.4 Å². The Balaban J connectivity index is 0.000000771. The fraction of sp³-hybridized carbons (Fsp3) is 0.500. The highest BCUT2D eigenvalue weighted by Crippen LogP contribution is 2.22. The molecule has 1 fully saturated rings. The van der Waals surface area contributed by atoms with E-state index in [0.29, 0.717) is 18.8 Å². The molecule has 1 heterocycles. The largest absolute Gasteiger partial charge is 0.478 e. The molecule has 0 saturated carbocycles. The quantitative estimate of drug-likeness (QED) is 0.877. The second-order valence-corrected chi connectivity index (χ2v) is 3.91. The molecule has 1 saturated heterocycles. The lowest BCUT2D eigenvalue weighted by Crippen LogP contribution is -2.36. The third kappa shape index (κ3) is 3.47. The van der Waals surface area contributed by atoms with Crippen molar-refractivity contribution in [3.8, 4) is 0 Å². The summed E-state index contributed by atoms with van der Waals surface area (Å²) in [5.41, 5.74) is 2.45. The van der Waals surface area contributed by atoms with Crippen LogP contribution in [0.5, 0.6) is 0 Å². The van der Waals surface area contributed by atoms with Gasteiger partial charge in [0.15, 0.2) is 0 Å². The topological polar surface area (TPSA) is 49.8 Å². The van der Waals surface area contributed by atoms with Crippen LogP contribution in [0.2, 0.25) is 0 Å². The first kappa shape index (κ1) is 14.5. The van der Waals surface area contributed by atoms with Crippen LogP contribution < -0.4 is 4.90 Å². The molecule has 0 aromatic heterocycles. The second kappa shape index (κ2) is 7.01. The fourth-order valence-electron chi connectivity index (χ4n) is 1.89. The van der Waals surface area contributed by atoms with Gasteiger partial charge < -0.3 is 14.7 Å². The van der Waals surface area contributed by atoms with Gasteiger partial charge >= 0.3 is 5.97 Å². The second-order valence-electron chi connectivity index (χ2n) is 3.91. The molecular formula is C14H21NO3. The number of carbonyl (C=O) groups is 1. The molecule has 1 aromatic carbocycles. The number of anilines is 1. The van der Waals surface area contributed by atoms with Gasteiger partial charge in [-0.25, -0.2) is 4.79 Å². The lowest BCUT2D eigenvalue weighted by molar-refractivity contribution is 0.0697. The molecule has 1 aliphatic rings. The van der Waals surface area contributed by atoms with E-state index in [-0.39, 0.29) is 0 Å². The summed E-state index contributed by atoms with van der Waals surface area (Å²) in [5, 5.41) is 8.96. The number of carboxylic acids is 1. The van der Waals surface area contributed by atoms with E-state index in [1.54, 1.807) is 12.1 Å². The predicted molar refractivity (Wildman–Crippen MR) is 72.5 cm³/mol. The third-order valence-electron chi connectivity index (χ3n) is 2.81. The first-order chi connectivity index (χ1) is 8.68. The van der Waals surface area contributed by atoms with Crippen molar-refractivity contribution in [2.75, 3.05) is 31.2 Å². The number of aryl methyl sites for hydroxylation is 1. The molecule has 0 bridgehead atoms. The molecule has 0 aliphatic carbocycles. The minimum Gasteiger partial charge on any atom is -0.478 e. The lowest BCUT2D eigenvalue weighted by atomic mass is 10.1. The highest BCUT2D eigenvalue weighted by atomic mass is 16.5. The first-order valence-electron chi connectivity index (χ1n) is 6.35. The molecular weight excluding hydrogens is 230 g/mol. The van der Waals surface area contributed by atoms with Crippen molar-refractivity contribution in [1.29, 1.82) is 0 Å². The molecule has 0 spiro atoms. The minimum absolute atomic E-state index is 0.340. The van der Waals surface area contributed by atoms with Crippen molar-refractivity contribution in [3.05, 3.63) is 29.3 Å². The summed E-state index contributed by atoms with van der Waals surface area (Å²) in [4.78, 5) is 13.1. The molecule has 100 valence electrons. The van der Waals surface area contributed by atoms with Gasteiger partial charge in [-0.15, -0.1) is 0 Å². The molecule has 0 amide bonds. The number of hydrogen-bond acceptors (Lipinski definition) is 3. The number of aromatic carboxylic acids is 1. The third-order valence-corrected chi connectivity index (χ3v) is 2.81. The Hall–Kier alpha value is -1.55. The van der Waals surface area contributed by atoms with Gasteiger partial charge in [0, 0.05) is 18.8 Å². The van der Waals surface area contributed by atoms with Gasteiger partial charge in [0.05, 0.1) is 18.8 Å². The Bertz CT molecular complexity index is 398. The zero-order valence-electron chi connectivity index (χ0n) is 11.3. The van der Waals surface area contributed by atoms with E-state index in [0.717, 1.165) is 24.3 Å². The maximum atomic E-state index is 10.9. The SMILES string of the molecule is CC.Cc1ccc(C(=O)O)cc1N1CCOCC1. The highest BCUT2D eigenvalue weighted by molar-refractivity contribution is 5.89. The molecule has 2 rings (SSSR count). The standard InChI is InChI=1S/C12H15NO3.C2H6/c1-9-2-3-10(12(14)15)8-11(9)13-4-6-16-7-5-13;1-2/h2-3,8H,4-7H2,1H3,(H,14,15);1-2H3. The van der Waals surface area contributed by atoms with E-state index < -0.39 is 5.97 Å². The monoisotopic (exact) mass is 251 g/mol. The zero-order chi connectivity index (χ0) is 13.5. The molecule has 0 atom stereocenters. The van der Waals surface area contributed by atoms with Crippen LogP contribution in [0, 0.1) is 6.92 Å². The molecule has 4 nitrogen and oxygen atoms in total. The summed E-state index contributed by atoms with van der Waals surface area (Å²) < 4.78 is 5.28. The van der Waals surface area contributed by atoms with E-state index in [1.165, 1.54) is 0 Å². The minimum atomic E-state index is -0.880. The van der Waals surface area contributed by atoms with Gasteiger partial charge in [-0.05, 0) is 24.6 Å². The first-order valence-corrected chi connectivity index (χ1v) is 6.35. The van der Waals surface area contributed by atoms with Gasteiger partial charge in [0.2, 0.25) is 0 Å². The highest BCUT2D eigenvalue weighted by Gasteiger charge is 2.15. The summed E-state index contributed by atoms with van der Waals surface area (Å²) >= 11 is 0. The smallest absolute Gasteiger partial charge is 0.335 e. The van der Waals surface area contributed by atoms with E-state index in [2.05, 4.69) is 4.90 Å². The van der Waals surface area contributed by atoms with Crippen LogP contribution in [0.1, 0.15) is 29.8 Å². The molecule has 4 heteroatoms. The lowest BCUT2D eigenvalue weighted by Gasteiger charge is -2.30. The van der Waals surface area contributed by atoms with E-state index in [9.17, 15) is 4.79 Å². The average Bonchev–Trinajstić information content (AvgIpc) is 2.42. The number of ether oxygens (including phenoxy) is 1. The summed E-state index contributed by atoms with van der Waals surface area (Å²) in [5.74, 6) is -0.880. The Morgan fingerprint density at radius 1 is 1.28 bits per heavy atom. The summed E-state index contributed by atoms with van der Waals surface area (Å²) in [6, 6.07) is 5.23. The molecule has 18 heavy (non-hydrogen) atoms. The number of benzene rings is 1. The van der Waals surface area contributed by atoms with Gasteiger partial charge in [0.25, 0.3) is 0 Å². The van der Waals surface area contributed by atoms with E-state index >= 15 is 0 Å². The summed E-state index contributed by atoms with van der Waals surface area (Å²) in [6.07, 6.45) is 0. The van der Waals surface area contributed by atoms with Crippen LogP contribution in [0.25, 0.3) is 0 Å². The zero-order valence-corrected chi connectivity index (χ0v) is 11.3. The van der Waals surface area contributed by atoms with Crippen molar-refractivity contribution in [2.45, 2.75) is 20.8 Å². The summed E-state index contributed by atoms with van der Waals surface area (Å²) in [7, 11) is 0. The number of nitrogens with zero attached hydrogens (tertiary/aromatic N) is 1. The van der Waals surface area contributed by atoms with Crippen molar-refractivity contribution < 1.29 is 14.6 Å². The average molecular weight is 251 g/mol. The molecule has 1 aromatic rings. The molecule has 1 N–H and O–H groups in total. The van der Waals surface area contributed by atoms with Gasteiger partial charge in [-0.2, -0.15) is 0 Å². The Kier molecular flexibility index (Phi) is 5.65. The Morgan fingerprint density at radius 2 is 1.89 bits per heavy atom. The van der Waals surface area contributed by atoms with Crippen molar-refractivity contribution in [1.82, 2.24) is 0 Å². The maximum absolute atomic E-state index is 10.9. The number of morpholine rings is 1. The molecule has 0 unspecified atom stereocenters.